The van der Waals surface area contributed by atoms with Crippen molar-refractivity contribution in [3.05, 3.63) is 66.5 Å². The lowest BCUT2D eigenvalue weighted by Gasteiger charge is -2.26. The summed E-state index contributed by atoms with van der Waals surface area (Å²) in [4.78, 5) is 26.4. The first-order valence-corrected chi connectivity index (χ1v) is 13.9. The molecule has 4 aromatic rings. The molecule has 0 spiro atoms. The standard InChI is InChI=1S/C32H41N7O2/c1-8-9-10-15-31(40)35-25-19-26(30(41-7)20-29(25)38(5)17-16-37(3)4)36-32-33-21-24(22(2)34-32)28-18-23-13-11-12-14-27(23)39(28)6/h10-15,18-21H,8-9,16-17H2,1-7H3,(H,35,40)(H,33,34,36)/b15-10+. The highest BCUT2D eigenvalue weighted by atomic mass is 16.5. The van der Waals surface area contributed by atoms with Gasteiger partial charge in [-0.3, -0.25) is 4.79 Å². The van der Waals surface area contributed by atoms with Crippen LogP contribution in [0.25, 0.3) is 22.2 Å². The van der Waals surface area contributed by atoms with Gasteiger partial charge in [0.1, 0.15) is 5.75 Å². The van der Waals surface area contributed by atoms with E-state index in [1.165, 1.54) is 5.39 Å². The number of carbonyl (C=O) groups is 1. The van der Waals surface area contributed by atoms with Gasteiger partial charge < -0.3 is 29.7 Å². The van der Waals surface area contributed by atoms with Crippen molar-refractivity contribution in [1.82, 2.24) is 19.4 Å². The van der Waals surface area contributed by atoms with Crippen molar-refractivity contribution in [2.75, 3.05) is 56.9 Å². The van der Waals surface area contributed by atoms with Crippen LogP contribution in [-0.4, -0.2) is 66.7 Å². The summed E-state index contributed by atoms with van der Waals surface area (Å²) >= 11 is 0. The highest BCUT2D eigenvalue weighted by molar-refractivity contribution is 6.02. The Labute approximate surface area is 242 Å². The van der Waals surface area contributed by atoms with Crippen LogP contribution in [0.5, 0.6) is 5.75 Å². The quantitative estimate of drug-likeness (QED) is 0.208. The fourth-order valence-electron chi connectivity index (χ4n) is 4.70. The van der Waals surface area contributed by atoms with Crippen molar-refractivity contribution >= 4 is 39.8 Å². The van der Waals surface area contributed by atoms with Crippen molar-refractivity contribution in [2.24, 2.45) is 7.05 Å². The van der Waals surface area contributed by atoms with Crippen molar-refractivity contribution < 1.29 is 9.53 Å². The fraction of sp³-hybridized carbons (Fsp3) is 0.344. The van der Waals surface area contributed by atoms with E-state index in [-0.39, 0.29) is 5.91 Å². The zero-order valence-corrected chi connectivity index (χ0v) is 25.2. The third-order valence-corrected chi connectivity index (χ3v) is 7.05. The van der Waals surface area contributed by atoms with Gasteiger partial charge in [-0.05, 0) is 51.7 Å². The van der Waals surface area contributed by atoms with Crippen molar-refractivity contribution in [2.45, 2.75) is 26.7 Å². The average molecular weight is 556 g/mol. The largest absolute Gasteiger partial charge is 0.494 e. The summed E-state index contributed by atoms with van der Waals surface area (Å²) in [6, 6.07) is 14.3. The van der Waals surface area contributed by atoms with Crippen molar-refractivity contribution in [3.63, 3.8) is 0 Å². The van der Waals surface area contributed by atoms with E-state index >= 15 is 0 Å². The summed E-state index contributed by atoms with van der Waals surface area (Å²) in [7, 11) is 9.77. The van der Waals surface area contributed by atoms with Gasteiger partial charge in [0.05, 0.1) is 35.6 Å². The molecule has 2 heterocycles. The number of rotatable bonds is 12. The first kappa shape index (κ1) is 29.6. The zero-order valence-electron chi connectivity index (χ0n) is 25.2. The Morgan fingerprint density at radius 1 is 1.10 bits per heavy atom. The molecule has 9 nitrogen and oxygen atoms in total. The highest BCUT2D eigenvalue weighted by Gasteiger charge is 2.18. The van der Waals surface area contributed by atoms with E-state index in [1.54, 1.807) is 13.2 Å². The van der Waals surface area contributed by atoms with Gasteiger partial charge in [-0.25, -0.2) is 9.97 Å². The summed E-state index contributed by atoms with van der Waals surface area (Å²) in [6.45, 7) is 5.70. The van der Waals surface area contributed by atoms with Crippen LogP contribution >= 0.6 is 0 Å². The minimum atomic E-state index is -0.178. The molecule has 2 aromatic heterocycles. The van der Waals surface area contributed by atoms with E-state index in [1.807, 2.05) is 64.6 Å². The van der Waals surface area contributed by atoms with E-state index in [9.17, 15) is 4.79 Å². The molecule has 216 valence electrons. The Hall–Kier alpha value is -4.37. The maximum Gasteiger partial charge on any atom is 0.248 e. The van der Waals surface area contributed by atoms with Crippen LogP contribution in [0.2, 0.25) is 0 Å². The summed E-state index contributed by atoms with van der Waals surface area (Å²) in [5, 5.41) is 7.54. The Bertz CT molecular complexity index is 1540. The molecule has 0 bridgehead atoms. The van der Waals surface area contributed by atoms with Gasteiger partial charge in [-0.1, -0.05) is 37.6 Å². The second-order valence-electron chi connectivity index (χ2n) is 10.4. The van der Waals surface area contributed by atoms with E-state index in [0.717, 1.165) is 54.1 Å². The summed E-state index contributed by atoms with van der Waals surface area (Å²) in [5.74, 6) is 0.885. The predicted molar refractivity (Wildman–Crippen MR) is 169 cm³/mol. The number of methoxy groups -OCH3 is 1. The number of unbranched alkanes of at least 4 members (excludes halogenated alkanes) is 1. The van der Waals surface area contributed by atoms with Crippen LogP contribution in [0, 0.1) is 6.92 Å². The number of allylic oxidation sites excluding steroid dienone is 1. The number of hydrogen-bond acceptors (Lipinski definition) is 7. The number of likely N-dealkylation sites (N-methyl/N-ethyl adjacent to an activating group) is 2. The lowest BCUT2D eigenvalue weighted by Crippen LogP contribution is -2.29. The number of hydrogen-bond donors (Lipinski definition) is 2. The molecule has 0 saturated heterocycles. The number of nitrogens with one attached hydrogen (secondary N) is 2. The van der Waals surface area contributed by atoms with Crippen LogP contribution in [-0.2, 0) is 11.8 Å². The van der Waals surface area contributed by atoms with E-state index in [2.05, 4.69) is 62.2 Å². The Morgan fingerprint density at radius 3 is 2.56 bits per heavy atom. The smallest absolute Gasteiger partial charge is 0.248 e. The average Bonchev–Trinajstić information content (AvgIpc) is 3.28. The zero-order chi connectivity index (χ0) is 29.5. The molecule has 2 aromatic carbocycles. The summed E-state index contributed by atoms with van der Waals surface area (Å²) in [6.07, 6.45) is 7.15. The van der Waals surface area contributed by atoms with E-state index < -0.39 is 0 Å². The number of nitrogens with zero attached hydrogens (tertiary/aromatic N) is 5. The lowest BCUT2D eigenvalue weighted by molar-refractivity contribution is -0.111. The molecule has 0 aliphatic carbocycles. The number of ether oxygens (including phenoxy) is 1. The molecule has 0 saturated carbocycles. The Morgan fingerprint density at radius 2 is 1.88 bits per heavy atom. The minimum absolute atomic E-state index is 0.178. The number of para-hydroxylation sites is 1. The van der Waals surface area contributed by atoms with Crippen LogP contribution < -0.4 is 20.3 Å². The molecule has 0 aliphatic rings. The molecule has 41 heavy (non-hydrogen) atoms. The first-order valence-electron chi connectivity index (χ1n) is 13.9. The number of carbonyl (C=O) groups excluding carboxylic acids is 1. The van der Waals surface area contributed by atoms with Gasteiger partial charge in [0.25, 0.3) is 0 Å². The normalized spacial score (nSPS) is 11.4. The van der Waals surface area contributed by atoms with Gasteiger partial charge in [0.15, 0.2) is 0 Å². The fourth-order valence-corrected chi connectivity index (χ4v) is 4.70. The topological polar surface area (TPSA) is 87.5 Å². The highest BCUT2D eigenvalue weighted by Crippen LogP contribution is 2.38. The van der Waals surface area contributed by atoms with Gasteiger partial charge in [0.2, 0.25) is 11.9 Å². The second kappa shape index (κ2) is 13.3. The van der Waals surface area contributed by atoms with Gasteiger partial charge in [-0.2, -0.15) is 0 Å². The Balaban J connectivity index is 1.66. The number of benzene rings is 2. The SMILES string of the molecule is CCC/C=C/C(=O)Nc1cc(Nc2ncc(-c3cc4ccccc4n3C)c(C)n2)c(OC)cc1N(C)CCN(C)C. The molecule has 0 atom stereocenters. The molecule has 4 rings (SSSR count). The van der Waals surface area contributed by atoms with Crippen molar-refractivity contribution in [1.29, 1.82) is 0 Å². The third-order valence-electron chi connectivity index (χ3n) is 7.05. The van der Waals surface area contributed by atoms with Crippen LogP contribution in [0.15, 0.2) is 60.8 Å². The van der Waals surface area contributed by atoms with Gasteiger partial charge in [-0.15, -0.1) is 0 Å². The number of fused-ring (bicyclic) bond motifs is 1. The minimum Gasteiger partial charge on any atom is -0.494 e. The van der Waals surface area contributed by atoms with Gasteiger partial charge >= 0.3 is 0 Å². The number of anilines is 4. The van der Waals surface area contributed by atoms with E-state index in [0.29, 0.717) is 23.1 Å². The van der Waals surface area contributed by atoms with E-state index in [4.69, 9.17) is 9.72 Å². The molecule has 0 radical (unpaired) electrons. The predicted octanol–water partition coefficient (Wildman–Crippen LogP) is 5.99. The lowest BCUT2D eigenvalue weighted by atomic mass is 10.1. The number of amides is 1. The summed E-state index contributed by atoms with van der Waals surface area (Å²) in [5.41, 5.74) is 6.21. The molecular weight excluding hydrogens is 514 g/mol. The molecular formula is C32H41N7O2. The summed E-state index contributed by atoms with van der Waals surface area (Å²) < 4.78 is 7.92. The van der Waals surface area contributed by atoms with Crippen LogP contribution in [0.4, 0.5) is 23.0 Å². The Kier molecular flexibility index (Phi) is 9.62. The second-order valence-corrected chi connectivity index (χ2v) is 10.4. The van der Waals surface area contributed by atoms with Crippen LogP contribution in [0.3, 0.4) is 0 Å². The van der Waals surface area contributed by atoms with Crippen LogP contribution in [0.1, 0.15) is 25.5 Å². The molecule has 9 heteroatoms. The first-order chi connectivity index (χ1) is 19.7. The molecule has 2 N–H and O–H groups in total. The molecule has 0 aliphatic heterocycles. The monoisotopic (exact) mass is 555 g/mol. The van der Waals surface area contributed by atoms with Crippen molar-refractivity contribution in [3.8, 4) is 17.0 Å². The molecule has 0 fully saturated rings. The van der Waals surface area contributed by atoms with Gasteiger partial charge in [0, 0.05) is 55.9 Å². The maximum absolute atomic E-state index is 12.8. The number of aryl methyl sites for hydroxylation is 2. The molecule has 0 unspecified atom stereocenters. The maximum atomic E-state index is 12.8. The third kappa shape index (κ3) is 7.05. The molecule has 1 amide bonds. The number of aromatic nitrogens is 3.